The Labute approximate surface area is 95.8 Å². The highest BCUT2D eigenvalue weighted by Gasteiger charge is 2.15. The first-order chi connectivity index (χ1) is 7.79. The van der Waals surface area contributed by atoms with E-state index in [9.17, 15) is 4.79 Å². The van der Waals surface area contributed by atoms with Gasteiger partial charge in [-0.25, -0.2) is 4.79 Å². The summed E-state index contributed by atoms with van der Waals surface area (Å²) in [7, 11) is 1.44. The van der Waals surface area contributed by atoms with Crippen LogP contribution in [0.3, 0.4) is 0 Å². The van der Waals surface area contributed by atoms with E-state index < -0.39 is 5.97 Å². The molecule has 0 saturated carbocycles. The van der Waals surface area contributed by atoms with Crippen LogP contribution >= 0.6 is 11.5 Å². The molecule has 1 aromatic heterocycles. The highest BCUT2D eigenvalue weighted by atomic mass is 32.1. The van der Waals surface area contributed by atoms with Crippen molar-refractivity contribution in [2.24, 2.45) is 0 Å². The van der Waals surface area contributed by atoms with Gasteiger partial charge in [0.25, 0.3) is 0 Å². The summed E-state index contributed by atoms with van der Waals surface area (Å²) in [6.07, 6.45) is 0. The first-order valence-corrected chi connectivity index (χ1v) is 5.22. The van der Waals surface area contributed by atoms with E-state index in [4.69, 9.17) is 9.47 Å². The maximum absolute atomic E-state index is 11.6. The highest BCUT2D eigenvalue weighted by molar-refractivity contribution is 7.07. The lowest BCUT2D eigenvalue weighted by molar-refractivity contribution is 0.0733. The quantitative estimate of drug-likeness (QED) is 0.600. The minimum Gasteiger partial charge on any atom is -0.466 e. The molecule has 0 aliphatic carbocycles. The number of nitrogens with zero attached hydrogens (tertiary/aromatic N) is 2. The van der Waals surface area contributed by atoms with Crippen LogP contribution in [0.5, 0.6) is 11.8 Å². The molecule has 0 unspecified atom stereocenters. The molecule has 0 aliphatic rings. The van der Waals surface area contributed by atoms with Gasteiger partial charge in [-0.3, -0.25) is 0 Å². The number of aromatic nitrogens is 2. The Morgan fingerprint density at radius 2 is 2.06 bits per heavy atom. The molecule has 6 heteroatoms. The Hall–Kier alpha value is -1.95. The van der Waals surface area contributed by atoms with Gasteiger partial charge in [-0.1, -0.05) is 18.2 Å². The summed E-state index contributed by atoms with van der Waals surface area (Å²) >= 11 is 0.941. The van der Waals surface area contributed by atoms with Crippen LogP contribution in [0.1, 0.15) is 9.80 Å². The second-order valence-electron chi connectivity index (χ2n) is 2.79. The standard InChI is InChI=1S/C10H8N2O3S/c1-14-10-11-8(16-12-10)9(13)15-7-5-3-2-4-6-7/h2-6H,1H3. The fourth-order valence-corrected chi connectivity index (χ4v) is 1.53. The first-order valence-electron chi connectivity index (χ1n) is 4.44. The van der Waals surface area contributed by atoms with E-state index in [1.54, 1.807) is 24.3 Å². The molecule has 0 spiro atoms. The average Bonchev–Trinajstić information content (AvgIpc) is 2.79. The van der Waals surface area contributed by atoms with E-state index in [1.807, 2.05) is 6.07 Å². The summed E-state index contributed by atoms with van der Waals surface area (Å²) < 4.78 is 13.7. The third-order valence-corrected chi connectivity index (χ3v) is 2.40. The molecule has 1 aromatic carbocycles. The largest absolute Gasteiger partial charge is 0.466 e. The van der Waals surface area contributed by atoms with Crippen molar-refractivity contribution in [1.82, 2.24) is 9.36 Å². The van der Waals surface area contributed by atoms with Gasteiger partial charge in [0.05, 0.1) is 7.11 Å². The molecule has 1 heterocycles. The van der Waals surface area contributed by atoms with Crippen molar-refractivity contribution in [1.29, 1.82) is 0 Å². The number of carbonyl (C=O) groups is 1. The summed E-state index contributed by atoms with van der Waals surface area (Å²) in [6, 6.07) is 8.95. The van der Waals surface area contributed by atoms with Crippen molar-refractivity contribution in [3.63, 3.8) is 0 Å². The Balaban J connectivity index is 2.09. The Bertz CT molecular complexity index is 484. The minimum atomic E-state index is -0.535. The molecular weight excluding hydrogens is 228 g/mol. The van der Waals surface area contributed by atoms with Gasteiger partial charge >= 0.3 is 12.0 Å². The number of ether oxygens (including phenoxy) is 2. The van der Waals surface area contributed by atoms with Crippen LogP contribution in [-0.2, 0) is 0 Å². The molecule has 82 valence electrons. The smallest absolute Gasteiger partial charge is 0.374 e. The molecule has 0 bridgehead atoms. The van der Waals surface area contributed by atoms with Gasteiger partial charge in [0.1, 0.15) is 5.75 Å². The van der Waals surface area contributed by atoms with Crippen LogP contribution in [0.25, 0.3) is 0 Å². The molecule has 2 rings (SSSR count). The van der Waals surface area contributed by atoms with E-state index in [2.05, 4.69) is 9.36 Å². The third-order valence-electron chi connectivity index (χ3n) is 1.72. The number of benzene rings is 1. The zero-order valence-corrected chi connectivity index (χ0v) is 9.23. The van der Waals surface area contributed by atoms with Crippen LogP contribution in [0.15, 0.2) is 30.3 Å². The summed E-state index contributed by atoms with van der Waals surface area (Å²) in [5.74, 6) is -0.0614. The van der Waals surface area contributed by atoms with E-state index in [1.165, 1.54) is 7.11 Å². The maximum atomic E-state index is 11.6. The van der Waals surface area contributed by atoms with Crippen LogP contribution in [0.4, 0.5) is 0 Å². The molecule has 0 aliphatic heterocycles. The molecule has 0 fully saturated rings. The molecule has 0 radical (unpaired) electrons. The van der Waals surface area contributed by atoms with Crippen molar-refractivity contribution >= 4 is 17.5 Å². The normalized spacial score (nSPS) is 9.81. The monoisotopic (exact) mass is 236 g/mol. The Morgan fingerprint density at radius 1 is 1.31 bits per heavy atom. The van der Waals surface area contributed by atoms with Gasteiger partial charge in [-0.2, -0.15) is 4.98 Å². The highest BCUT2D eigenvalue weighted by Crippen LogP contribution is 2.15. The summed E-state index contributed by atoms with van der Waals surface area (Å²) in [4.78, 5) is 15.4. The second-order valence-corrected chi connectivity index (χ2v) is 3.54. The number of hydrogen-bond donors (Lipinski definition) is 0. The summed E-state index contributed by atoms with van der Waals surface area (Å²) in [5.41, 5.74) is 0. The number of rotatable bonds is 3. The topological polar surface area (TPSA) is 61.3 Å². The zero-order chi connectivity index (χ0) is 11.4. The molecule has 0 atom stereocenters. The lowest BCUT2D eigenvalue weighted by atomic mass is 10.3. The second kappa shape index (κ2) is 4.71. The summed E-state index contributed by atoms with van der Waals surface area (Å²) in [5, 5.41) is 0.167. The SMILES string of the molecule is COc1nsc(C(=O)Oc2ccccc2)n1. The van der Waals surface area contributed by atoms with Gasteiger partial charge in [0.2, 0.25) is 5.01 Å². The van der Waals surface area contributed by atoms with Gasteiger partial charge < -0.3 is 9.47 Å². The lowest BCUT2D eigenvalue weighted by Crippen LogP contribution is -2.07. The Morgan fingerprint density at radius 3 is 2.69 bits per heavy atom. The average molecular weight is 236 g/mol. The predicted molar refractivity (Wildman–Crippen MR) is 57.9 cm³/mol. The van der Waals surface area contributed by atoms with Crippen LogP contribution < -0.4 is 9.47 Å². The molecule has 0 saturated heterocycles. The fraction of sp³-hybridized carbons (Fsp3) is 0.100. The number of esters is 1. The molecule has 0 amide bonds. The van der Waals surface area contributed by atoms with Crippen LogP contribution in [0.2, 0.25) is 0 Å². The van der Waals surface area contributed by atoms with E-state index in [0.717, 1.165) is 11.5 Å². The number of methoxy groups -OCH3 is 1. The fourth-order valence-electron chi connectivity index (χ4n) is 1.02. The van der Waals surface area contributed by atoms with Crippen molar-refractivity contribution in [3.8, 4) is 11.8 Å². The minimum absolute atomic E-state index is 0.167. The molecule has 16 heavy (non-hydrogen) atoms. The molecule has 5 nitrogen and oxygen atoms in total. The number of hydrogen-bond acceptors (Lipinski definition) is 6. The van der Waals surface area contributed by atoms with Gasteiger partial charge in [-0.15, -0.1) is 4.37 Å². The number of carbonyl (C=O) groups excluding carboxylic acids is 1. The first kappa shape index (κ1) is 10.6. The zero-order valence-electron chi connectivity index (χ0n) is 8.41. The molecule has 0 N–H and O–H groups in total. The van der Waals surface area contributed by atoms with Gasteiger partial charge in [0, 0.05) is 0 Å². The maximum Gasteiger partial charge on any atom is 0.374 e. The van der Waals surface area contributed by atoms with Gasteiger partial charge in [-0.05, 0) is 23.7 Å². The van der Waals surface area contributed by atoms with Crippen molar-refractivity contribution in [2.75, 3.05) is 7.11 Å². The van der Waals surface area contributed by atoms with E-state index in [-0.39, 0.29) is 11.0 Å². The molecular formula is C10H8N2O3S. The predicted octanol–water partition coefficient (Wildman–Crippen LogP) is 1.77. The lowest BCUT2D eigenvalue weighted by Gasteiger charge is -1.99. The van der Waals surface area contributed by atoms with Crippen LogP contribution in [0, 0.1) is 0 Å². The summed E-state index contributed by atoms with van der Waals surface area (Å²) in [6.45, 7) is 0. The Kier molecular flexibility index (Phi) is 3.11. The van der Waals surface area contributed by atoms with Crippen molar-refractivity contribution < 1.29 is 14.3 Å². The van der Waals surface area contributed by atoms with Crippen molar-refractivity contribution in [3.05, 3.63) is 35.3 Å². The third kappa shape index (κ3) is 2.34. The molecule has 2 aromatic rings. The number of para-hydroxylation sites is 1. The van der Waals surface area contributed by atoms with E-state index >= 15 is 0 Å². The van der Waals surface area contributed by atoms with Gasteiger partial charge in [0.15, 0.2) is 0 Å². The van der Waals surface area contributed by atoms with Crippen LogP contribution in [-0.4, -0.2) is 22.4 Å². The van der Waals surface area contributed by atoms with E-state index in [0.29, 0.717) is 5.75 Å². The van der Waals surface area contributed by atoms with Crippen molar-refractivity contribution in [2.45, 2.75) is 0 Å².